The van der Waals surface area contributed by atoms with Gasteiger partial charge < -0.3 is 10.9 Å². The number of benzene rings is 1. The molecule has 100 valence electrons. The highest BCUT2D eigenvalue weighted by molar-refractivity contribution is 7.07. The van der Waals surface area contributed by atoms with Crippen molar-refractivity contribution in [2.75, 3.05) is 7.05 Å². The second kappa shape index (κ2) is 6.36. The van der Waals surface area contributed by atoms with E-state index in [0.717, 1.165) is 24.2 Å². The summed E-state index contributed by atoms with van der Waals surface area (Å²) in [6.07, 6.45) is 0. The molecule has 0 radical (unpaired) electrons. The summed E-state index contributed by atoms with van der Waals surface area (Å²) in [5, 5.41) is 16.1. The molecule has 0 amide bonds. The molecule has 0 unspecified atom stereocenters. The molecule has 0 atom stereocenters. The topological polar surface area (TPSA) is 61.8 Å². The smallest absolute Gasteiger partial charge is 0.170 e. The largest absolute Gasteiger partial charge is 0.409 e. The zero-order valence-electron chi connectivity index (χ0n) is 10.8. The van der Waals surface area contributed by atoms with Gasteiger partial charge in [0.25, 0.3) is 0 Å². The van der Waals surface area contributed by atoms with Gasteiger partial charge in [0.1, 0.15) is 0 Å². The highest BCUT2D eigenvalue weighted by Gasteiger charge is 2.09. The van der Waals surface area contributed by atoms with E-state index >= 15 is 0 Å². The van der Waals surface area contributed by atoms with Crippen molar-refractivity contribution in [3.05, 3.63) is 57.8 Å². The molecular weight excluding hydrogens is 258 g/mol. The molecule has 0 aliphatic rings. The highest BCUT2D eigenvalue weighted by atomic mass is 32.1. The van der Waals surface area contributed by atoms with Crippen molar-refractivity contribution in [2.45, 2.75) is 13.1 Å². The van der Waals surface area contributed by atoms with Crippen LogP contribution in [-0.2, 0) is 13.1 Å². The van der Waals surface area contributed by atoms with Crippen LogP contribution in [0, 0.1) is 0 Å². The van der Waals surface area contributed by atoms with Crippen LogP contribution in [0.15, 0.2) is 46.2 Å². The molecule has 3 N–H and O–H groups in total. The lowest BCUT2D eigenvalue weighted by atomic mass is 10.1. The quantitative estimate of drug-likeness (QED) is 0.381. The summed E-state index contributed by atoms with van der Waals surface area (Å²) in [5.74, 6) is 0.152. The van der Waals surface area contributed by atoms with Crippen LogP contribution in [0.1, 0.15) is 16.7 Å². The minimum atomic E-state index is 0.152. The van der Waals surface area contributed by atoms with Gasteiger partial charge in [0.15, 0.2) is 5.84 Å². The second-order valence-corrected chi connectivity index (χ2v) is 5.23. The van der Waals surface area contributed by atoms with Gasteiger partial charge in [0.2, 0.25) is 0 Å². The van der Waals surface area contributed by atoms with E-state index in [1.165, 1.54) is 5.56 Å². The number of hydrogen-bond donors (Lipinski definition) is 2. The molecule has 0 fully saturated rings. The van der Waals surface area contributed by atoms with Crippen LogP contribution in [0.5, 0.6) is 0 Å². The van der Waals surface area contributed by atoms with Crippen molar-refractivity contribution in [3.8, 4) is 0 Å². The Morgan fingerprint density at radius 1 is 1.32 bits per heavy atom. The Labute approximate surface area is 116 Å². The van der Waals surface area contributed by atoms with Crippen LogP contribution < -0.4 is 5.73 Å². The number of rotatable bonds is 5. The third-order valence-corrected chi connectivity index (χ3v) is 3.61. The number of nitrogens with two attached hydrogens (primary N) is 1. The summed E-state index contributed by atoms with van der Waals surface area (Å²) in [6.45, 7) is 1.64. The van der Waals surface area contributed by atoms with Gasteiger partial charge in [-0.25, -0.2) is 0 Å². The first-order valence-corrected chi connectivity index (χ1v) is 6.90. The Morgan fingerprint density at radius 2 is 2.11 bits per heavy atom. The van der Waals surface area contributed by atoms with E-state index in [-0.39, 0.29) is 5.84 Å². The van der Waals surface area contributed by atoms with E-state index in [1.54, 1.807) is 11.3 Å². The maximum Gasteiger partial charge on any atom is 0.170 e. The van der Waals surface area contributed by atoms with Gasteiger partial charge in [-0.2, -0.15) is 11.3 Å². The second-order valence-electron chi connectivity index (χ2n) is 4.45. The highest BCUT2D eigenvalue weighted by Crippen LogP contribution is 2.14. The van der Waals surface area contributed by atoms with Gasteiger partial charge >= 0.3 is 0 Å². The molecule has 2 rings (SSSR count). The summed E-state index contributed by atoms with van der Waals surface area (Å²) >= 11 is 1.70. The summed E-state index contributed by atoms with van der Waals surface area (Å²) in [5.41, 5.74) is 8.82. The first-order chi connectivity index (χ1) is 9.20. The zero-order chi connectivity index (χ0) is 13.7. The van der Waals surface area contributed by atoms with Gasteiger partial charge in [-0.05, 0) is 35.0 Å². The van der Waals surface area contributed by atoms with Gasteiger partial charge in [0.05, 0.1) is 0 Å². The molecule has 0 saturated carbocycles. The van der Waals surface area contributed by atoms with E-state index < -0.39 is 0 Å². The minimum absolute atomic E-state index is 0.152. The van der Waals surface area contributed by atoms with Crippen LogP contribution in [0.25, 0.3) is 0 Å². The molecule has 1 aromatic heterocycles. The van der Waals surface area contributed by atoms with E-state index in [2.05, 4.69) is 33.9 Å². The molecule has 4 nitrogen and oxygen atoms in total. The number of amidine groups is 1. The molecule has 0 spiro atoms. The molecule has 2 aromatic rings. The molecule has 0 bridgehead atoms. The fourth-order valence-electron chi connectivity index (χ4n) is 2.00. The monoisotopic (exact) mass is 275 g/mol. The lowest BCUT2D eigenvalue weighted by molar-refractivity contribution is 0.315. The molecule has 5 heteroatoms. The van der Waals surface area contributed by atoms with E-state index in [0.29, 0.717) is 0 Å². The van der Waals surface area contributed by atoms with Crippen molar-refractivity contribution in [2.24, 2.45) is 10.9 Å². The fraction of sp³-hybridized carbons (Fsp3) is 0.214. The number of hydrogen-bond acceptors (Lipinski definition) is 4. The molecule has 19 heavy (non-hydrogen) atoms. The lowest BCUT2D eigenvalue weighted by Gasteiger charge is -2.18. The molecule has 1 aromatic carbocycles. The number of oxime groups is 1. The first kappa shape index (κ1) is 13.6. The van der Waals surface area contributed by atoms with E-state index in [1.807, 2.05) is 24.3 Å². The predicted molar refractivity (Wildman–Crippen MR) is 78.4 cm³/mol. The number of thiophene rings is 1. The summed E-state index contributed by atoms with van der Waals surface area (Å²) in [6, 6.07) is 9.83. The Bertz CT molecular complexity index is 552. The zero-order valence-corrected chi connectivity index (χ0v) is 11.6. The Balaban J connectivity index is 2.10. The predicted octanol–water partition coefficient (Wildman–Crippen LogP) is 2.47. The van der Waals surface area contributed by atoms with Crippen LogP contribution in [0.2, 0.25) is 0 Å². The molecule has 1 heterocycles. The van der Waals surface area contributed by atoms with Crippen molar-refractivity contribution in [1.82, 2.24) is 4.90 Å². The first-order valence-electron chi connectivity index (χ1n) is 5.96. The minimum Gasteiger partial charge on any atom is -0.409 e. The number of nitrogens with zero attached hydrogens (tertiary/aromatic N) is 2. The van der Waals surface area contributed by atoms with Crippen molar-refractivity contribution >= 4 is 17.2 Å². The third-order valence-electron chi connectivity index (χ3n) is 2.87. The van der Waals surface area contributed by atoms with Gasteiger partial charge in [-0.3, -0.25) is 4.90 Å². The summed E-state index contributed by atoms with van der Waals surface area (Å²) in [7, 11) is 2.06. The normalized spacial score (nSPS) is 12.0. The Kier molecular flexibility index (Phi) is 4.54. The van der Waals surface area contributed by atoms with Gasteiger partial charge in [0, 0.05) is 18.7 Å². The van der Waals surface area contributed by atoms with Crippen LogP contribution in [0.3, 0.4) is 0 Å². The molecular formula is C14H17N3OS. The van der Waals surface area contributed by atoms with Crippen LogP contribution in [0.4, 0.5) is 0 Å². The molecule has 0 aliphatic heterocycles. The van der Waals surface area contributed by atoms with E-state index in [4.69, 9.17) is 10.9 Å². The Hall–Kier alpha value is -1.85. The molecule has 0 aliphatic carbocycles. The fourth-order valence-corrected chi connectivity index (χ4v) is 2.66. The SMILES string of the molecule is CN(Cc1ccsc1)Cc1ccccc1/C(N)=N/O. The van der Waals surface area contributed by atoms with Gasteiger partial charge in [-0.1, -0.05) is 29.4 Å². The third kappa shape index (κ3) is 3.56. The van der Waals surface area contributed by atoms with Crippen molar-refractivity contribution < 1.29 is 5.21 Å². The van der Waals surface area contributed by atoms with Gasteiger partial charge in [-0.15, -0.1) is 0 Å². The standard InChI is InChI=1S/C14H17N3OS/c1-17(8-11-6-7-19-10-11)9-12-4-2-3-5-13(12)14(15)16-18/h2-7,10,18H,8-9H2,1H3,(H2,15,16). The lowest BCUT2D eigenvalue weighted by Crippen LogP contribution is -2.21. The van der Waals surface area contributed by atoms with E-state index in [9.17, 15) is 0 Å². The van der Waals surface area contributed by atoms with Crippen LogP contribution >= 0.6 is 11.3 Å². The molecule has 0 saturated heterocycles. The maximum absolute atomic E-state index is 8.80. The average molecular weight is 275 g/mol. The van der Waals surface area contributed by atoms with Crippen molar-refractivity contribution in [1.29, 1.82) is 0 Å². The average Bonchev–Trinajstić information content (AvgIpc) is 2.91. The summed E-state index contributed by atoms with van der Waals surface area (Å²) in [4.78, 5) is 2.20. The summed E-state index contributed by atoms with van der Waals surface area (Å²) < 4.78 is 0. The van der Waals surface area contributed by atoms with Crippen molar-refractivity contribution in [3.63, 3.8) is 0 Å². The Morgan fingerprint density at radius 3 is 2.79 bits per heavy atom. The maximum atomic E-state index is 8.80. The van der Waals surface area contributed by atoms with Crippen LogP contribution in [-0.4, -0.2) is 23.0 Å².